The molecule has 0 saturated heterocycles. The first-order chi connectivity index (χ1) is 21.0. The average molecular weight is 587 g/mol. The van der Waals surface area contributed by atoms with Crippen LogP contribution in [0.5, 0.6) is 17.2 Å². The van der Waals surface area contributed by atoms with Crippen molar-refractivity contribution < 1.29 is 29.0 Å². The molecule has 4 aromatic rings. The Morgan fingerprint density at radius 2 is 1.41 bits per heavy atom. The second kappa shape index (κ2) is 9.91. The molecule has 0 radical (unpaired) electrons. The molecule has 0 saturated carbocycles. The van der Waals surface area contributed by atoms with Crippen molar-refractivity contribution >= 4 is 17.3 Å². The van der Waals surface area contributed by atoms with Crippen LogP contribution in [-0.2, 0) is 5.41 Å². The van der Waals surface area contributed by atoms with Gasteiger partial charge in [0.05, 0.1) is 12.0 Å². The van der Waals surface area contributed by atoms with E-state index < -0.39 is 5.41 Å². The van der Waals surface area contributed by atoms with Crippen molar-refractivity contribution in [2.24, 2.45) is 0 Å². The van der Waals surface area contributed by atoms with Crippen LogP contribution in [-0.4, -0.2) is 35.7 Å². The quantitative estimate of drug-likeness (QED) is 0.252. The van der Waals surface area contributed by atoms with Crippen LogP contribution in [0.25, 0.3) is 0 Å². The summed E-state index contributed by atoms with van der Waals surface area (Å²) in [7, 11) is 0. The molecular formula is C38H34O6. The number of fused-ring (bicyclic) bond motifs is 10. The van der Waals surface area contributed by atoms with Crippen LogP contribution < -0.4 is 9.47 Å². The van der Waals surface area contributed by atoms with Crippen molar-refractivity contribution in [3.63, 3.8) is 0 Å². The van der Waals surface area contributed by atoms with Crippen molar-refractivity contribution in [1.29, 1.82) is 0 Å². The van der Waals surface area contributed by atoms with Crippen LogP contribution in [0.3, 0.4) is 0 Å². The highest BCUT2D eigenvalue weighted by Gasteiger charge is 2.59. The SMILES string of the molecule is CC(=O)c1ccc2c(c1)C1COc3c(ccc(C(C)=O)c3C)C1C1c3ccc(C(C)=O)c(C)c3OCC21c1cccc(O)c1. The second-order valence-electron chi connectivity index (χ2n) is 12.5. The van der Waals surface area contributed by atoms with E-state index in [1.165, 1.54) is 0 Å². The summed E-state index contributed by atoms with van der Waals surface area (Å²) in [4.78, 5) is 37.7. The van der Waals surface area contributed by atoms with E-state index in [1.807, 2.05) is 74.5 Å². The van der Waals surface area contributed by atoms with Gasteiger partial charge in [-0.05, 0) is 80.6 Å². The number of ether oxygens (including phenoxy) is 2. The first kappa shape index (κ1) is 28.1. The number of phenols is 1. The van der Waals surface area contributed by atoms with Crippen LogP contribution in [0.4, 0.5) is 0 Å². The molecule has 0 aromatic heterocycles. The molecule has 2 aliphatic heterocycles. The molecule has 0 bridgehead atoms. The standard InChI is InChI=1S/C38H34O6/c1-19-27(22(4)40)10-12-29-34-32(17-43-36(19)29)31-15-24(21(3)39)9-14-33(31)38(25-7-6-8-26(42)16-25)18-44-37-20(2)28(23(5)41)11-13-30(37)35(34)38/h6-16,32,34-35,42H,17-18H2,1-5H3. The van der Waals surface area contributed by atoms with E-state index in [2.05, 4.69) is 0 Å². The fourth-order valence-electron chi connectivity index (χ4n) is 8.25. The van der Waals surface area contributed by atoms with Crippen LogP contribution >= 0.6 is 0 Å². The lowest BCUT2D eigenvalue weighted by atomic mass is 9.49. The molecule has 7 rings (SSSR count). The summed E-state index contributed by atoms with van der Waals surface area (Å²) < 4.78 is 13.2. The van der Waals surface area contributed by atoms with Crippen LogP contribution in [0.1, 0.15) is 109 Å². The van der Waals surface area contributed by atoms with E-state index in [1.54, 1.807) is 26.8 Å². The third-order valence-corrected chi connectivity index (χ3v) is 10.2. The zero-order valence-electron chi connectivity index (χ0n) is 25.5. The fourth-order valence-corrected chi connectivity index (χ4v) is 8.25. The molecule has 1 N–H and O–H groups in total. The molecule has 4 aromatic carbocycles. The van der Waals surface area contributed by atoms with E-state index in [-0.39, 0.29) is 47.5 Å². The molecule has 1 aliphatic carbocycles. The minimum Gasteiger partial charge on any atom is -0.508 e. The van der Waals surface area contributed by atoms with Crippen LogP contribution in [0, 0.1) is 13.8 Å². The van der Waals surface area contributed by atoms with Crippen LogP contribution in [0.2, 0.25) is 0 Å². The van der Waals surface area contributed by atoms with Crippen LogP contribution in [0.15, 0.2) is 66.7 Å². The molecule has 6 heteroatoms. The van der Waals surface area contributed by atoms with Crippen molar-refractivity contribution in [3.05, 3.63) is 122 Å². The third-order valence-electron chi connectivity index (χ3n) is 10.2. The van der Waals surface area contributed by atoms with Gasteiger partial charge in [0.15, 0.2) is 17.3 Å². The average Bonchev–Trinajstić information content (AvgIpc) is 3.00. The Balaban J connectivity index is 1.61. The van der Waals surface area contributed by atoms with E-state index in [9.17, 15) is 19.5 Å². The Bertz CT molecular complexity index is 1920. The monoisotopic (exact) mass is 586 g/mol. The van der Waals surface area contributed by atoms with E-state index in [0.29, 0.717) is 29.0 Å². The Hall–Kier alpha value is -4.71. The Labute approximate surface area is 256 Å². The molecular weight excluding hydrogens is 552 g/mol. The molecule has 222 valence electrons. The van der Waals surface area contributed by atoms with Gasteiger partial charge in [-0.2, -0.15) is 0 Å². The molecule has 3 aliphatic rings. The number of ketones is 3. The molecule has 4 atom stereocenters. The summed E-state index contributed by atoms with van der Waals surface area (Å²) in [5.74, 6) is 1.12. The number of hydrogen-bond donors (Lipinski definition) is 1. The lowest BCUT2D eigenvalue weighted by Gasteiger charge is -2.56. The maximum atomic E-state index is 12.7. The predicted molar refractivity (Wildman–Crippen MR) is 167 cm³/mol. The molecule has 2 heterocycles. The minimum atomic E-state index is -0.747. The Morgan fingerprint density at radius 3 is 2.05 bits per heavy atom. The molecule has 6 nitrogen and oxygen atoms in total. The topological polar surface area (TPSA) is 89.9 Å². The van der Waals surface area contributed by atoms with Gasteiger partial charge >= 0.3 is 0 Å². The van der Waals surface area contributed by atoms with Gasteiger partial charge in [0.25, 0.3) is 0 Å². The highest BCUT2D eigenvalue weighted by Crippen LogP contribution is 2.66. The number of rotatable bonds is 4. The van der Waals surface area contributed by atoms with Gasteiger partial charge in [-0.3, -0.25) is 14.4 Å². The van der Waals surface area contributed by atoms with Crippen molar-refractivity contribution in [2.45, 2.75) is 57.8 Å². The summed E-state index contributed by atoms with van der Waals surface area (Å²) in [5.41, 5.74) is 7.70. The van der Waals surface area contributed by atoms with Gasteiger partial charge < -0.3 is 14.6 Å². The van der Waals surface area contributed by atoms with E-state index in [4.69, 9.17) is 9.47 Å². The summed E-state index contributed by atoms with van der Waals surface area (Å²) in [6.45, 7) is 9.23. The highest BCUT2D eigenvalue weighted by atomic mass is 16.5. The Kier molecular flexibility index (Phi) is 6.33. The number of phenolic OH excluding ortho intramolecular Hbond substituents is 1. The van der Waals surface area contributed by atoms with Crippen molar-refractivity contribution in [2.75, 3.05) is 13.2 Å². The van der Waals surface area contributed by atoms with E-state index >= 15 is 0 Å². The van der Waals surface area contributed by atoms with Crippen molar-refractivity contribution in [3.8, 4) is 17.2 Å². The summed E-state index contributed by atoms with van der Waals surface area (Å²) in [6, 6.07) is 21.1. The predicted octanol–water partition coefficient (Wildman–Crippen LogP) is 7.35. The number of aromatic hydroxyl groups is 1. The maximum Gasteiger partial charge on any atom is 0.160 e. The second-order valence-corrected chi connectivity index (χ2v) is 12.5. The van der Waals surface area contributed by atoms with Gasteiger partial charge in [0.1, 0.15) is 23.9 Å². The van der Waals surface area contributed by atoms with E-state index in [0.717, 1.165) is 44.7 Å². The third kappa shape index (κ3) is 3.83. The Morgan fingerprint density at radius 1 is 0.750 bits per heavy atom. The number of hydrogen-bond acceptors (Lipinski definition) is 6. The van der Waals surface area contributed by atoms with Gasteiger partial charge in [0.2, 0.25) is 0 Å². The van der Waals surface area contributed by atoms with Crippen molar-refractivity contribution in [1.82, 2.24) is 0 Å². The van der Waals surface area contributed by atoms with Gasteiger partial charge in [0, 0.05) is 45.6 Å². The smallest absolute Gasteiger partial charge is 0.160 e. The zero-order chi connectivity index (χ0) is 31.1. The lowest BCUT2D eigenvalue weighted by molar-refractivity contribution is 0.0999. The maximum absolute atomic E-state index is 12.7. The largest absolute Gasteiger partial charge is 0.508 e. The summed E-state index contributed by atoms with van der Waals surface area (Å²) in [6.07, 6.45) is 0. The zero-order valence-corrected chi connectivity index (χ0v) is 25.5. The summed E-state index contributed by atoms with van der Waals surface area (Å²) in [5, 5.41) is 10.8. The summed E-state index contributed by atoms with van der Waals surface area (Å²) >= 11 is 0. The molecule has 0 spiro atoms. The fraction of sp³-hybridized carbons (Fsp3) is 0.289. The molecule has 44 heavy (non-hydrogen) atoms. The number of carbonyl (C=O) groups excluding carboxylic acids is 3. The van der Waals surface area contributed by atoms with Gasteiger partial charge in [-0.25, -0.2) is 0 Å². The normalized spacial score (nSPS) is 22.6. The van der Waals surface area contributed by atoms with Gasteiger partial charge in [-0.15, -0.1) is 0 Å². The number of Topliss-reactive ketones (excluding diaryl/α,β-unsaturated/α-hetero) is 3. The first-order valence-electron chi connectivity index (χ1n) is 15.0. The molecule has 0 amide bonds. The number of benzene rings is 4. The minimum absolute atomic E-state index is 0.0189. The number of carbonyl (C=O) groups is 3. The molecule has 4 unspecified atom stereocenters. The molecule has 0 fully saturated rings. The van der Waals surface area contributed by atoms with Gasteiger partial charge in [-0.1, -0.05) is 48.5 Å². The highest BCUT2D eigenvalue weighted by molar-refractivity contribution is 5.97. The first-order valence-corrected chi connectivity index (χ1v) is 15.0. The lowest BCUT2D eigenvalue weighted by Crippen LogP contribution is -2.52.